The topological polar surface area (TPSA) is 81.1 Å². The molecule has 2 N–H and O–H groups in total. The lowest BCUT2D eigenvalue weighted by Crippen LogP contribution is -2.53. The van der Waals surface area contributed by atoms with E-state index in [-0.39, 0.29) is 12.6 Å². The lowest BCUT2D eigenvalue weighted by Gasteiger charge is -2.39. The Morgan fingerprint density at radius 3 is 2.52 bits per heavy atom. The highest BCUT2D eigenvalue weighted by atomic mass is 16.4. The molecule has 114 valence electrons. The SMILES string of the molecule is CN(Cc1ccccc1)[C@H]1CCN(C(=O)O)[C@@H](C(=O)O)C1. The summed E-state index contributed by atoms with van der Waals surface area (Å²) in [5.74, 6) is -1.07. The zero-order chi connectivity index (χ0) is 15.4. The maximum atomic E-state index is 11.3. The summed E-state index contributed by atoms with van der Waals surface area (Å²) in [7, 11) is 1.95. The van der Waals surface area contributed by atoms with Crippen LogP contribution in [0.25, 0.3) is 0 Å². The molecule has 0 aromatic heterocycles. The molecule has 1 aliphatic heterocycles. The molecule has 6 nitrogen and oxygen atoms in total. The predicted octanol–water partition coefficient (Wildman–Crippen LogP) is 1.71. The van der Waals surface area contributed by atoms with Crippen molar-refractivity contribution in [2.24, 2.45) is 0 Å². The maximum absolute atomic E-state index is 11.3. The van der Waals surface area contributed by atoms with Crippen LogP contribution in [-0.2, 0) is 11.3 Å². The van der Waals surface area contributed by atoms with Crippen LogP contribution < -0.4 is 0 Å². The number of nitrogens with zero attached hydrogens (tertiary/aromatic N) is 2. The summed E-state index contributed by atoms with van der Waals surface area (Å²) < 4.78 is 0. The van der Waals surface area contributed by atoms with E-state index < -0.39 is 18.1 Å². The molecular weight excluding hydrogens is 272 g/mol. The van der Waals surface area contributed by atoms with Crippen LogP contribution >= 0.6 is 0 Å². The van der Waals surface area contributed by atoms with Gasteiger partial charge in [-0.3, -0.25) is 9.80 Å². The Bertz CT molecular complexity index is 506. The van der Waals surface area contributed by atoms with Crippen LogP contribution in [0, 0.1) is 0 Å². The second kappa shape index (κ2) is 6.58. The molecule has 1 saturated heterocycles. The minimum atomic E-state index is -1.16. The summed E-state index contributed by atoms with van der Waals surface area (Å²) in [6.07, 6.45) is -0.184. The number of hydrogen-bond donors (Lipinski definition) is 2. The van der Waals surface area contributed by atoms with Gasteiger partial charge < -0.3 is 10.2 Å². The van der Waals surface area contributed by atoms with E-state index in [2.05, 4.69) is 4.90 Å². The number of benzene rings is 1. The summed E-state index contributed by atoms with van der Waals surface area (Å²) in [6, 6.07) is 9.05. The standard InChI is InChI=1S/C15H20N2O4/c1-16(10-11-5-3-2-4-6-11)12-7-8-17(15(20)21)13(9-12)14(18)19/h2-6,12-13H,7-10H2,1H3,(H,18,19)(H,20,21)/t12-,13+/m0/s1. The van der Waals surface area contributed by atoms with E-state index in [0.717, 1.165) is 17.0 Å². The molecule has 0 unspecified atom stereocenters. The number of piperidine rings is 1. The molecule has 21 heavy (non-hydrogen) atoms. The Kier molecular flexibility index (Phi) is 4.80. The fraction of sp³-hybridized carbons (Fsp3) is 0.467. The summed E-state index contributed by atoms with van der Waals surface area (Å²) in [5.41, 5.74) is 1.16. The molecule has 1 aromatic rings. The highest BCUT2D eigenvalue weighted by Crippen LogP contribution is 2.23. The van der Waals surface area contributed by atoms with Gasteiger partial charge in [-0.1, -0.05) is 30.3 Å². The number of carboxylic acid groups (broad SMARTS) is 2. The van der Waals surface area contributed by atoms with E-state index in [4.69, 9.17) is 5.11 Å². The Balaban J connectivity index is 2.01. The van der Waals surface area contributed by atoms with Crippen molar-refractivity contribution >= 4 is 12.1 Å². The largest absolute Gasteiger partial charge is 0.480 e. The number of rotatable bonds is 4. The van der Waals surface area contributed by atoms with Crippen molar-refractivity contribution in [2.75, 3.05) is 13.6 Å². The Labute approximate surface area is 123 Å². The van der Waals surface area contributed by atoms with E-state index >= 15 is 0 Å². The van der Waals surface area contributed by atoms with Crippen LogP contribution in [0.1, 0.15) is 18.4 Å². The number of amides is 1. The highest BCUT2D eigenvalue weighted by Gasteiger charge is 2.37. The molecule has 1 aliphatic rings. The van der Waals surface area contributed by atoms with Crippen LogP contribution in [0.3, 0.4) is 0 Å². The molecule has 1 amide bonds. The minimum Gasteiger partial charge on any atom is -0.480 e. The molecule has 6 heteroatoms. The molecule has 0 bridgehead atoms. The van der Waals surface area contributed by atoms with Crippen molar-refractivity contribution in [3.05, 3.63) is 35.9 Å². The van der Waals surface area contributed by atoms with E-state index in [0.29, 0.717) is 12.8 Å². The molecule has 1 fully saturated rings. The first kappa shape index (κ1) is 15.3. The Morgan fingerprint density at radius 2 is 1.95 bits per heavy atom. The average Bonchev–Trinajstić information content (AvgIpc) is 2.47. The molecule has 2 atom stereocenters. The monoisotopic (exact) mass is 292 g/mol. The van der Waals surface area contributed by atoms with Crippen molar-refractivity contribution in [3.8, 4) is 0 Å². The normalized spacial score (nSPS) is 22.3. The highest BCUT2D eigenvalue weighted by molar-refractivity contribution is 5.79. The third-order valence-corrected chi connectivity index (χ3v) is 4.00. The summed E-state index contributed by atoms with van der Waals surface area (Å²) in [5, 5.41) is 18.3. The number of carbonyl (C=O) groups is 2. The predicted molar refractivity (Wildman–Crippen MR) is 77.1 cm³/mol. The Hall–Kier alpha value is -2.08. The third kappa shape index (κ3) is 3.72. The van der Waals surface area contributed by atoms with Crippen LogP contribution in [0.5, 0.6) is 0 Å². The number of carboxylic acids is 1. The molecule has 0 radical (unpaired) electrons. The first-order valence-electron chi connectivity index (χ1n) is 6.95. The first-order chi connectivity index (χ1) is 9.99. The minimum absolute atomic E-state index is 0.0712. The van der Waals surface area contributed by atoms with Crippen LogP contribution in [0.4, 0.5) is 4.79 Å². The van der Waals surface area contributed by atoms with Gasteiger partial charge in [0.15, 0.2) is 0 Å². The fourth-order valence-corrected chi connectivity index (χ4v) is 2.81. The second-order valence-corrected chi connectivity index (χ2v) is 5.41. The van der Waals surface area contributed by atoms with Gasteiger partial charge in [0.05, 0.1) is 0 Å². The van der Waals surface area contributed by atoms with Crippen molar-refractivity contribution < 1.29 is 19.8 Å². The molecule has 1 aromatic carbocycles. The van der Waals surface area contributed by atoms with Gasteiger partial charge in [0.2, 0.25) is 0 Å². The van der Waals surface area contributed by atoms with Gasteiger partial charge in [-0.15, -0.1) is 0 Å². The summed E-state index contributed by atoms with van der Waals surface area (Å²) in [4.78, 5) is 25.5. The van der Waals surface area contributed by atoms with Gasteiger partial charge in [0, 0.05) is 19.1 Å². The average molecular weight is 292 g/mol. The lowest BCUT2D eigenvalue weighted by atomic mass is 9.96. The van der Waals surface area contributed by atoms with Crippen molar-refractivity contribution in [3.63, 3.8) is 0 Å². The van der Waals surface area contributed by atoms with Gasteiger partial charge >= 0.3 is 12.1 Å². The molecule has 1 heterocycles. The van der Waals surface area contributed by atoms with Gasteiger partial charge in [-0.25, -0.2) is 9.59 Å². The van der Waals surface area contributed by atoms with Crippen molar-refractivity contribution in [2.45, 2.75) is 31.5 Å². The molecule has 0 spiro atoms. The molecule has 0 aliphatic carbocycles. The van der Waals surface area contributed by atoms with Gasteiger partial charge in [0.1, 0.15) is 6.04 Å². The van der Waals surface area contributed by atoms with Gasteiger partial charge in [-0.05, 0) is 25.5 Å². The first-order valence-corrected chi connectivity index (χ1v) is 6.95. The zero-order valence-electron chi connectivity index (χ0n) is 12.0. The Morgan fingerprint density at radius 1 is 1.29 bits per heavy atom. The van der Waals surface area contributed by atoms with Crippen LogP contribution in [-0.4, -0.2) is 57.8 Å². The van der Waals surface area contributed by atoms with Crippen molar-refractivity contribution in [1.82, 2.24) is 9.80 Å². The molecular formula is C15H20N2O4. The number of likely N-dealkylation sites (tertiary alicyclic amines) is 1. The zero-order valence-corrected chi connectivity index (χ0v) is 12.0. The van der Waals surface area contributed by atoms with E-state index in [1.54, 1.807) is 0 Å². The quantitative estimate of drug-likeness (QED) is 0.883. The van der Waals surface area contributed by atoms with Gasteiger partial charge in [-0.2, -0.15) is 0 Å². The van der Waals surface area contributed by atoms with E-state index in [1.807, 2.05) is 37.4 Å². The van der Waals surface area contributed by atoms with Gasteiger partial charge in [0.25, 0.3) is 0 Å². The van der Waals surface area contributed by atoms with E-state index in [1.165, 1.54) is 0 Å². The molecule has 0 saturated carbocycles. The summed E-state index contributed by atoms with van der Waals surface area (Å²) >= 11 is 0. The number of aliphatic carboxylic acids is 1. The van der Waals surface area contributed by atoms with Crippen molar-refractivity contribution in [1.29, 1.82) is 0 Å². The lowest BCUT2D eigenvalue weighted by molar-refractivity contribution is -0.144. The third-order valence-electron chi connectivity index (χ3n) is 4.00. The van der Waals surface area contributed by atoms with Crippen LogP contribution in [0.15, 0.2) is 30.3 Å². The number of hydrogen-bond acceptors (Lipinski definition) is 3. The van der Waals surface area contributed by atoms with E-state index in [9.17, 15) is 14.7 Å². The second-order valence-electron chi connectivity index (χ2n) is 5.41. The van der Waals surface area contributed by atoms with Crippen LogP contribution in [0.2, 0.25) is 0 Å². The molecule has 2 rings (SSSR count). The maximum Gasteiger partial charge on any atom is 0.408 e. The summed E-state index contributed by atoms with van der Waals surface area (Å²) in [6.45, 7) is 0.987. The fourth-order valence-electron chi connectivity index (χ4n) is 2.81. The smallest absolute Gasteiger partial charge is 0.408 e.